The number of ether oxygens (including phenoxy) is 1. The minimum Gasteiger partial charge on any atom is -0.481 e. The van der Waals surface area contributed by atoms with Crippen LogP contribution >= 0.6 is 0 Å². The van der Waals surface area contributed by atoms with E-state index in [0.29, 0.717) is 32.1 Å². The number of carboxylic acid groups (broad SMARTS) is 1. The summed E-state index contributed by atoms with van der Waals surface area (Å²) in [5.41, 5.74) is 0.505. The third kappa shape index (κ3) is 3.69. The van der Waals surface area contributed by atoms with Crippen molar-refractivity contribution in [2.24, 2.45) is 11.8 Å². The van der Waals surface area contributed by atoms with Crippen molar-refractivity contribution >= 4 is 23.5 Å². The Bertz CT molecular complexity index is 1020. The lowest BCUT2D eigenvalue weighted by Gasteiger charge is -2.37. The number of likely N-dealkylation sites (tertiary alicyclic amines) is 1. The van der Waals surface area contributed by atoms with E-state index in [2.05, 4.69) is 6.58 Å². The molecule has 3 saturated heterocycles. The number of aryl methyl sites for hydroxylation is 2. The Labute approximate surface area is 206 Å². The van der Waals surface area contributed by atoms with Gasteiger partial charge in [0.1, 0.15) is 17.6 Å². The molecular weight excluding hydrogens is 448 g/mol. The normalized spacial score (nSPS) is 31.0. The van der Waals surface area contributed by atoms with Gasteiger partial charge in [0.05, 0.1) is 11.5 Å². The number of nitrogens with zero attached hydrogens (tertiary/aromatic N) is 2. The van der Waals surface area contributed by atoms with E-state index in [1.807, 2.05) is 39.0 Å². The number of benzene rings is 1. The van der Waals surface area contributed by atoms with Crippen molar-refractivity contribution in [3.8, 4) is 0 Å². The summed E-state index contributed by atoms with van der Waals surface area (Å²) < 4.78 is 6.59. The Balaban J connectivity index is 1.83. The van der Waals surface area contributed by atoms with Gasteiger partial charge in [0.2, 0.25) is 5.91 Å². The zero-order valence-corrected chi connectivity index (χ0v) is 20.8. The number of carbonyl (C=O) groups excluding carboxylic acids is 2. The van der Waals surface area contributed by atoms with E-state index < -0.39 is 35.0 Å². The van der Waals surface area contributed by atoms with Crippen molar-refractivity contribution < 1.29 is 29.3 Å². The molecule has 2 amide bonds. The van der Waals surface area contributed by atoms with Crippen LogP contribution in [0.1, 0.15) is 50.2 Å². The minimum atomic E-state index is -1.18. The van der Waals surface area contributed by atoms with Gasteiger partial charge in [-0.15, -0.1) is 6.58 Å². The molecule has 1 aromatic carbocycles. The van der Waals surface area contributed by atoms with E-state index in [-0.39, 0.29) is 31.5 Å². The van der Waals surface area contributed by atoms with Crippen LogP contribution in [0.15, 0.2) is 30.9 Å². The van der Waals surface area contributed by atoms with E-state index in [4.69, 9.17) is 4.74 Å². The molecule has 2 unspecified atom stereocenters. The second kappa shape index (κ2) is 9.39. The molecule has 8 heteroatoms. The quantitative estimate of drug-likeness (QED) is 0.391. The van der Waals surface area contributed by atoms with Gasteiger partial charge in [0.25, 0.3) is 5.91 Å². The predicted molar refractivity (Wildman–Crippen MR) is 131 cm³/mol. The molecule has 4 rings (SSSR count). The summed E-state index contributed by atoms with van der Waals surface area (Å²) in [6.45, 7) is 10.1. The Kier molecular flexibility index (Phi) is 6.81. The highest BCUT2D eigenvalue weighted by Crippen LogP contribution is 2.64. The van der Waals surface area contributed by atoms with Crippen molar-refractivity contribution in [1.82, 2.24) is 4.90 Å². The summed E-state index contributed by atoms with van der Waals surface area (Å²) in [4.78, 5) is 43.9. The lowest BCUT2D eigenvalue weighted by molar-refractivity contribution is -0.155. The van der Waals surface area contributed by atoms with E-state index in [1.165, 1.54) is 4.90 Å². The first kappa shape index (κ1) is 25.4. The van der Waals surface area contributed by atoms with E-state index >= 15 is 0 Å². The maximum Gasteiger partial charge on any atom is 0.310 e. The molecule has 0 aliphatic carbocycles. The SMILES string of the molecule is C=CCN(C(=O)C1N(CCCCO)C(=O)[C@@H]2[C@H](C(=O)O)[C@]3(CC)CCC12O3)c1c(C)cccc1C. The number of aliphatic carboxylic acids is 1. The molecule has 3 aliphatic heterocycles. The number of hydrogen-bond donors (Lipinski definition) is 2. The molecule has 0 saturated carbocycles. The number of para-hydroxylation sites is 1. The number of fused-ring (bicyclic) bond motifs is 1. The average Bonchev–Trinajstić information content (AvgIpc) is 3.42. The molecule has 3 heterocycles. The number of carboxylic acids is 1. The van der Waals surface area contributed by atoms with E-state index in [0.717, 1.165) is 16.8 Å². The Morgan fingerprint density at radius 3 is 2.51 bits per heavy atom. The van der Waals surface area contributed by atoms with Gasteiger partial charge in [-0.1, -0.05) is 31.2 Å². The highest BCUT2D eigenvalue weighted by molar-refractivity contribution is 6.05. The summed E-state index contributed by atoms with van der Waals surface area (Å²) in [6, 6.07) is 4.88. The van der Waals surface area contributed by atoms with Gasteiger partial charge in [0.15, 0.2) is 0 Å². The van der Waals surface area contributed by atoms with Crippen molar-refractivity contribution in [3.05, 3.63) is 42.0 Å². The fourth-order valence-corrected chi connectivity index (χ4v) is 6.81. The summed E-state index contributed by atoms with van der Waals surface area (Å²) in [6.07, 6.45) is 4.08. The Morgan fingerprint density at radius 1 is 1.26 bits per heavy atom. The second-order valence-electron chi connectivity index (χ2n) is 10.1. The molecule has 2 N–H and O–H groups in total. The fraction of sp³-hybridized carbons (Fsp3) is 0.593. The lowest BCUT2D eigenvalue weighted by atomic mass is 9.65. The molecule has 0 aromatic heterocycles. The minimum absolute atomic E-state index is 0.0204. The molecule has 1 aromatic rings. The first-order chi connectivity index (χ1) is 16.7. The van der Waals surface area contributed by atoms with Crippen molar-refractivity contribution in [3.63, 3.8) is 0 Å². The molecule has 3 fully saturated rings. The summed E-state index contributed by atoms with van der Waals surface area (Å²) >= 11 is 0. The zero-order valence-electron chi connectivity index (χ0n) is 20.8. The molecule has 190 valence electrons. The highest BCUT2D eigenvalue weighted by atomic mass is 16.5. The number of anilines is 1. The van der Waals surface area contributed by atoms with Crippen LogP contribution in [0.5, 0.6) is 0 Å². The van der Waals surface area contributed by atoms with Gasteiger partial charge >= 0.3 is 5.97 Å². The second-order valence-corrected chi connectivity index (χ2v) is 10.1. The van der Waals surface area contributed by atoms with Crippen LogP contribution in [0.2, 0.25) is 0 Å². The van der Waals surface area contributed by atoms with Crippen LogP contribution in [0.3, 0.4) is 0 Å². The molecule has 35 heavy (non-hydrogen) atoms. The van der Waals surface area contributed by atoms with E-state index in [9.17, 15) is 24.6 Å². The van der Waals surface area contributed by atoms with Crippen molar-refractivity contribution in [2.45, 2.75) is 70.1 Å². The number of amides is 2. The largest absolute Gasteiger partial charge is 0.481 e. The van der Waals surface area contributed by atoms with Gasteiger partial charge in [-0.2, -0.15) is 0 Å². The zero-order chi connectivity index (χ0) is 25.5. The number of carbonyl (C=O) groups is 3. The average molecular weight is 485 g/mol. The number of rotatable bonds is 10. The van der Waals surface area contributed by atoms with Crippen LogP contribution < -0.4 is 4.90 Å². The van der Waals surface area contributed by atoms with Crippen LogP contribution in [-0.4, -0.2) is 69.8 Å². The van der Waals surface area contributed by atoms with Gasteiger partial charge in [-0.25, -0.2) is 0 Å². The summed E-state index contributed by atoms with van der Waals surface area (Å²) in [5.74, 6) is -3.54. The molecule has 3 aliphatic rings. The molecule has 0 radical (unpaired) electrons. The first-order valence-corrected chi connectivity index (χ1v) is 12.5. The smallest absolute Gasteiger partial charge is 0.310 e. The third-order valence-electron chi connectivity index (χ3n) is 8.28. The Hall–Kier alpha value is -2.71. The standard InChI is InChI=1S/C27H36N2O6/c1-5-14-28(21-17(3)10-9-11-18(21)4)24(32)22-27-13-12-26(6-2,35-27)20(25(33)34)19(27)23(31)29(22)15-7-8-16-30/h5,9-11,19-20,22,30H,1,6-8,12-16H2,2-4H3,(H,33,34)/t19-,20+,22?,26-,27?/m0/s1. The van der Waals surface area contributed by atoms with Crippen molar-refractivity contribution in [1.29, 1.82) is 0 Å². The van der Waals surface area contributed by atoms with Crippen LogP contribution in [-0.2, 0) is 19.1 Å². The Morgan fingerprint density at radius 2 is 1.94 bits per heavy atom. The van der Waals surface area contributed by atoms with Gasteiger partial charge in [-0.05, 0) is 57.1 Å². The van der Waals surface area contributed by atoms with Gasteiger partial charge in [-0.3, -0.25) is 14.4 Å². The van der Waals surface area contributed by atoms with Crippen LogP contribution in [0.4, 0.5) is 5.69 Å². The number of aliphatic hydroxyl groups excluding tert-OH is 1. The lowest BCUT2D eigenvalue weighted by Crippen LogP contribution is -2.56. The molecule has 1 spiro atoms. The molecule has 2 bridgehead atoms. The van der Waals surface area contributed by atoms with Crippen molar-refractivity contribution in [2.75, 3.05) is 24.6 Å². The third-order valence-corrected chi connectivity index (χ3v) is 8.28. The van der Waals surface area contributed by atoms with Crippen LogP contribution in [0, 0.1) is 25.7 Å². The molecular formula is C27H36N2O6. The van der Waals surface area contributed by atoms with Gasteiger partial charge in [0, 0.05) is 25.4 Å². The first-order valence-electron chi connectivity index (χ1n) is 12.5. The molecule has 5 atom stereocenters. The summed E-state index contributed by atoms with van der Waals surface area (Å²) in [5, 5.41) is 19.5. The number of hydrogen-bond acceptors (Lipinski definition) is 5. The highest BCUT2D eigenvalue weighted by Gasteiger charge is 2.79. The topological polar surface area (TPSA) is 107 Å². The molecule has 8 nitrogen and oxygen atoms in total. The maximum atomic E-state index is 14.4. The fourth-order valence-electron chi connectivity index (χ4n) is 6.81. The number of unbranched alkanes of at least 4 members (excludes halogenated alkanes) is 1. The van der Waals surface area contributed by atoms with Crippen LogP contribution in [0.25, 0.3) is 0 Å². The van der Waals surface area contributed by atoms with E-state index in [1.54, 1.807) is 11.0 Å². The number of aliphatic hydroxyl groups is 1. The maximum absolute atomic E-state index is 14.4. The predicted octanol–water partition coefficient (Wildman–Crippen LogP) is 2.83. The monoisotopic (exact) mass is 484 g/mol. The van der Waals surface area contributed by atoms with Gasteiger partial charge < -0.3 is 24.7 Å². The summed E-state index contributed by atoms with van der Waals surface area (Å²) in [7, 11) is 0.